The Kier molecular flexibility index (Phi) is 4.20. The van der Waals surface area contributed by atoms with Gasteiger partial charge in [0, 0.05) is 11.4 Å². The van der Waals surface area contributed by atoms with Crippen molar-refractivity contribution < 1.29 is 5.11 Å². The van der Waals surface area contributed by atoms with Crippen LogP contribution in [0.5, 0.6) is 0 Å². The molecule has 0 radical (unpaired) electrons. The Morgan fingerprint density at radius 2 is 1.88 bits per heavy atom. The van der Waals surface area contributed by atoms with E-state index in [4.69, 9.17) is 0 Å². The topological polar surface area (TPSA) is 32.6 Å². The number of aliphatic imine (C=N–C) groups is 1. The summed E-state index contributed by atoms with van der Waals surface area (Å²) in [4.78, 5) is 3.79. The van der Waals surface area contributed by atoms with Crippen molar-refractivity contribution in [1.29, 1.82) is 0 Å². The normalized spacial score (nSPS) is 14.6. The van der Waals surface area contributed by atoms with Crippen LogP contribution < -0.4 is 20.9 Å². The Hall–Kier alpha value is -1.67. The number of nitrogens with zero attached hydrogens (tertiary/aromatic N) is 1. The fraction of sp³-hybridized carbons (Fsp3) is 0.214. The fourth-order valence-corrected chi connectivity index (χ4v) is 1.88. The number of rotatable bonds is 2. The lowest BCUT2D eigenvalue weighted by atomic mass is 10.1. The zero-order valence-corrected chi connectivity index (χ0v) is 9.83. The maximum absolute atomic E-state index is 9.31. The fourth-order valence-electron chi connectivity index (χ4n) is 1.88. The van der Waals surface area contributed by atoms with E-state index in [0.29, 0.717) is 0 Å². The highest BCUT2D eigenvalue weighted by atomic mass is 16.3. The second-order valence-corrected chi connectivity index (χ2v) is 3.48. The van der Waals surface area contributed by atoms with Gasteiger partial charge in [-0.15, -0.1) is 0 Å². The van der Waals surface area contributed by atoms with Crippen LogP contribution in [0.4, 0.5) is 0 Å². The predicted octanol–water partition coefficient (Wildman–Crippen LogP) is -0.371. The van der Waals surface area contributed by atoms with Gasteiger partial charge in [-0.1, -0.05) is 18.7 Å². The molecule has 0 atom stereocenters. The molecule has 84 valence electrons. The van der Waals surface area contributed by atoms with E-state index in [1.165, 1.54) is 0 Å². The van der Waals surface area contributed by atoms with Crippen LogP contribution in [0.2, 0.25) is 0 Å². The predicted molar refractivity (Wildman–Crippen MR) is 70.7 cm³/mol. The van der Waals surface area contributed by atoms with Gasteiger partial charge < -0.3 is 5.11 Å². The van der Waals surface area contributed by atoms with Crippen molar-refractivity contribution in [3.05, 3.63) is 32.5 Å². The van der Waals surface area contributed by atoms with E-state index in [-0.39, 0.29) is 6.61 Å². The summed E-state index contributed by atoms with van der Waals surface area (Å²) in [5.41, 5.74) is 0.891. The van der Waals surface area contributed by atoms with Gasteiger partial charge in [0.05, 0.1) is 6.61 Å². The highest BCUT2D eigenvalue weighted by Crippen LogP contribution is 1.81. The molecule has 1 rings (SSSR count). The van der Waals surface area contributed by atoms with Gasteiger partial charge >= 0.3 is 0 Å². The Labute approximate surface area is 95.3 Å². The highest BCUT2D eigenvalue weighted by molar-refractivity contribution is 5.42. The van der Waals surface area contributed by atoms with Gasteiger partial charge in [-0.3, -0.25) is 4.99 Å². The lowest BCUT2D eigenvalue weighted by Gasteiger charge is -2.01. The second-order valence-electron chi connectivity index (χ2n) is 3.48. The van der Waals surface area contributed by atoms with Gasteiger partial charge in [-0.2, -0.15) is 0 Å². The Morgan fingerprint density at radius 1 is 1.25 bits per heavy atom. The molecule has 0 aliphatic carbocycles. The maximum atomic E-state index is 9.31. The van der Waals surface area contributed by atoms with Crippen molar-refractivity contribution in [3.8, 4) is 0 Å². The highest BCUT2D eigenvalue weighted by Gasteiger charge is 1.97. The standard InChI is InChI=1S/C14H17NO/c1-5-12-11(9-16)7-10(3)14(8-15-4)13(12)6-2/h5-8,16H,3-4,9H2,1-2H3/b12-5-,13-6+,14-8+. The van der Waals surface area contributed by atoms with Crippen LogP contribution in [0.1, 0.15) is 19.4 Å². The largest absolute Gasteiger partial charge is 0.392 e. The van der Waals surface area contributed by atoms with Crippen LogP contribution in [0.15, 0.2) is 11.1 Å². The van der Waals surface area contributed by atoms with Crippen LogP contribution in [0.25, 0.3) is 24.9 Å². The SMILES string of the molecule is C=N\C=c1/c(=C)cc(CO)c(=C/C)/c1=C\C. The summed E-state index contributed by atoms with van der Waals surface area (Å²) < 4.78 is 0. The van der Waals surface area contributed by atoms with Crippen molar-refractivity contribution in [2.45, 2.75) is 20.5 Å². The molecule has 0 amide bonds. The van der Waals surface area contributed by atoms with Crippen molar-refractivity contribution in [2.75, 3.05) is 0 Å². The molecule has 0 aliphatic heterocycles. The molecule has 2 nitrogen and oxygen atoms in total. The first-order valence-electron chi connectivity index (χ1n) is 5.20. The zero-order chi connectivity index (χ0) is 12.1. The molecule has 0 aliphatic rings. The maximum Gasteiger partial charge on any atom is 0.0687 e. The van der Waals surface area contributed by atoms with Crippen LogP contribution >= 0.6 is 0 Å². The number of aliphatic hydroxyl groups is 1. The van der Waals surface area contributed by atoms with Gasteiger partial charge in [0.25, 0.3) is 0 Å². The molecule has 0 spiro atoms. The molecule has 16 heavy (non-hydrogen) atoms. The van der Waals surface area contributed by atoms with Crippen molar-refractivity contribution in [1.82, 2.24) is 0 Å². The molecule has 1 aromatic rings. The van der Waals surface area contributed by atoms with Gasteiger partial charge in [-0.05, 0) is 47.9 Å². The average molecular weight is 215 g/mol. The molecule has 0 bridgehead atoms. The minimum atomic E-state index is 0.0187. The number of aliphatic hydroxyl groups excluding tert-OH is 1. The van der Waals surface area contributed by atoms with Crippen molar-refractivity contribution in [3.63, 3.8) is 0 Å². The lowest BCUT2D eigenvalue weighted by molar-refractivity contribution is 0.280. The third kappa shape index (κ3) is 2.12. The van der Waals surface area contributed by atoms with E-state index in [9.17, 15) is 5.11 Å². The number of hydrogen-bond acceptors (Lipinski definition) is 2. The molecule has 0 aromatic heterocycles. The lowest BCUT2D eigenvalue weighted by Crippen LogP contribution is -2.49. The van der Waals surface area contributed by atoms with E-state index in [2.05, 4.69) is 18.3 Å². The molecule has 0 saturated heterocycles. The third-order valence-electron chi connectivity index (χ3n) is 2.59. The summed E-state index contributed by atoms with van der Waals surface area (Å²) >= 11 is 0. The van der Waals surface area contributed by atoms with E-state index < -0.39 is 0 Å². The molecule has 0 saturated carbocycles. The zero-order valence-electron chi connectivity index (χ0n) is 9.83. The van der Waals surface area contributed by atoms with Gasteiger partial charge in [0.2, 0.25) is 0 Å². The van der Waals surface area contributed by atoms with Crippen molar-refractivity contribution in [2.24, 2.45) is 4.99 Å². The van der Waals surface area contributed by atoms with Gasteiger partial charge in [0.15, 0.2) is 0 Å². The van der Waals surface area contributed by atoms with E-state index in [1.807, 2.05) is 32.1 Å². The molecule has 1 aromatic carbocycles. The van der Waals surface area contributed by atoms with Crippen LogP contribution in [0.3, 0.4) is 0 Å². The summed E-state index contributed by atoms with van der Waals surface area (Å²) in [7, 11) is 0. The van der Waals surface area contributed by atoms with Crippen LogP contribution in [-0.2, 0) is 6.61 Å². The van der Waals surface area contributed by atoms with Gasteiger partial charge in [-0.25, -0.2) is 0 Å². The Bertz CT molecular complexity index is 612. The molecular weight excluding hydrogens is 198 g/mol. The summed E-state index contributed by atoms with van der Waals surface area (Å²) in [6.45, 7) is 11.4. The first kappa shape index (κ1) is 12.4. The van der Waals surface area contributed by atoms with E-state index in [0.717, 1.165) is 26.4 Å². The van der Waals surface area contributed by atoms with Crippen LogP contribution in [0, 0.1) is 0 Å². The quantitative estimate of drug-likeness (QED) is 0.671. The average Bonchev–Trinajstić information content (AvgIpc) is 2.30. The summed E-state index contributed by atoms with van der Waals surface area (Å²) in [6.07, 6.45) is 5.69. The van der Waals surface area contributed by atoms with Crippen molar-refractivity contribution >= 4 is 31.6 Å². The smallest absolute Gasteiger partial charge is 0.0687 e. The third-order valence-corrected chi connectivity index (χ3v) is 2.59. The van der Waals surface area contributed by atoms with E-state index >= 15 is 0 Å². The molecule has 0 unspecified atom stereocenters. The number of benzene rings is 1. The first-order chi connectivity index (χ1) is 7.69. The molecular formula is C14H17NO. The molecule has 1 N–H and O–H groups in total. The summed E-state index contributed by atoms with van der Waals surface area (Å²) in [5.74, 6) is 0. The van der Waals surface area contributed by atoms with E-state index in [1.54, 1.807) is 6.20 Å². The van der Waals surface area contributed by atoms with Gasteiger partial charge in [0.1, 0.15) is 0 Å². The molecule has 2 heteroatoms. The monoisotopic (exact) mass is 215 g/mol. The second kappa shape index (κ2) is 5.42. The molecule has 0 fully saturated rings. The minimum absolute atomic E-state index is 0.0187. The Morgan fingerprint density at radius 3 is 2.31 bits per heavy atom. The van der Waals surface area contributed by atoms with Crippen LogP contribution in [-0.4, -0.2) is 11.8 Å². The first-order valence-corrected chi connectivity index (χ1v) is 5.20. The number of hydrogen-bond donors (Lipinski definition) is 1. The summed E-state index contributed by atoms with van der Waals surface area (Å²) in [5, 5.41) is 13.2. The Balaban J connectivity index is 4.06. The summed E-state index contributed by atoms with van der Waals surface area (Å²) in [6, 6.07) is 1.89. The molecule has 0 heterocycles. The minimum Gasteiger partial charge on any atom is -0.392 e.